The van der Waals surface area contributed by atoms with Crippen molar-refractivity contribution in [1.29, 1.82) is 0 Å². The molecule has 0 saturated heterocycles. The number of hydrogen-bond acceptors (Lipinski definition) is 2. The van der Waals surface area contributed by atoms with Crippen LogP contribution in [0.1, 0.15) is 15.9 Å². The fourth-order valence-electron chi connectivity index (χ4n) is 1.81. The number of halogens is 2. The van der Waals surface area contributed by atoms with Crippen molar-refractivity contribution in [3.8, 4) is 5.75 Å². The Morgan fingerprint density at radius 3 is 2.68 bits per heavy atom. The third-order valence-corrected chi connectivity index (χ3v) is 3.63. The summed E-state index contributed by atoms with van der Waals surface area (Å²) in [4.78, 5) is 12.3. The lowest BCUT2D eigenvalue weighted by atomic mass is 10.0. The lowest BCUT2D eigenvalue weighted by Crippen LogP contribution is -2.06. The van der Waals surface area contributed by atoms with Crippen LogP contribution in [-0.4, -0.2) is 12.9 Å². The van der Waals surface area contributed by atoms with Crippen molar-refractivity contribution in [1.82, 2.24) is 0 Å². The van der Waals surface area contributed by atoms with Crippen molar-refractivity contribution in [2.24, 2.45) is 0 Å². The van der Waals surface area contributed by atoms with Gasteiger partial charge in [-0.05, 0) is 29.8 Å². The van der Waals surface area contributed by atoms with Gasteiger partial charge in [0.2, 0.25) is 0 Å². The molecule has 0 fully saturated rings. The zero-order chi connectivity index (χ0) is 13.8. The fourth-order valence-corrected chi connectivity index (χ4v) is 2.37. The summed E-state index contributed by atoms with van der Waals surface area (Å²) in [5.41, 5.74) is 1.37. The van der Waals surface area contributed by atoms with Gasteiger partial charge in [-0.1, -0.05) is 45.7 Å². The Labute approximate surface area is 125 Å². The summed E-state index contributed by atoms with van der Waals surface area (Å²) in [6, 6.07) is 12.7. The predicted octanol–water partition coefficient (Wildman–Crippen LogP) is 4.54. The van der Waals surface area contributed by atoms with Gasteiger partial charge in [0.25, 0.3) is 0 Å². The molecule has 0 aromatic heterocycles. The molecule has 2 aromatic rings. The summed E-state index contributed by atoms with van der Waals surface area (Å²) in [5, 5.41) is 0.602. The van der Waals surface area contributed by atoms with E-state index < -0.39 is 0 Å². The summed E-state index contributed by atoms with van der Waals surface area (Å²) in [6.07, 6.45) is 0.256. The molecule has 0 unspecified atom stereocenters. The Kier molecular flexibility index (Phi) is 4.61. The largest absolute Gasteiger partial charge is 0.496 e. The van der Waals surface area contributed by atoms with Crippen molar-refractivity contribution in [3.05, 3.63) is 63.1 Å². The van der Waals surface area contributed by atoms with Gasteiger partial charge in [-0.25, -0.2) is 0 Å². The number of benzene rings is 2. The van der Waals surface area contributed by atoms with Gasteiger partial charge in [0, 0.05) is 15.9 Å². The molecular formula is C15H12BrClO2. The monoisotopic (exact) mass is 338 g/mol. The van der Waals surface area contributed by atoms with E-state index in [-0.39, 0.29) is 12.2 Å². The van der Waals surface area contributed by atoms with Gasteiger partial charge in [0.15, 0.2) is 5.78 Å². The predicted molar refractivity (Wildman–Crippen MR) is 80.2 cm³/mol. The summed E-state index contributed by atoms with van der Waals surface area (Å²) < 4.78 is 6.06. The van der Waals surface area contributed by atoms with Gasteiger partial charge in [-0.15, -0.1) is 0 Å². The molecule has 0 bridgehead atoms. The van der Waals surface area contributed by atoms with Gasteiger partial charge in [-0.2, -0.15) is 0 Å². The van der Waals surface area contributed by atoms with Crippen molar-refractivity contribution < 1.29 is 9.53 Å². The van der Waals surface area contributed by atoms with Crippen LogP contribution in [0.3, 0.4) is 0 Å². The molecule has 4 heteroatoms. The maximum absolute atomic E-state index is 12.3. The van der Waals surface area contributed by atoms with Crippen LogP contribution in [0.2, 0.25) is 5.02 Å². The van der Waals surface area contributed by atoms with Crippen molar-refractivity contribution in [3.63, 3.8) is 0 Å². The van der Waals surface area contributed by atoms with Crippen LogP contribution >= 0.6 is 27.5 Å². The lowest BCUT2D eigenvalue weighted by Gasteiger charge is -2.09. The third kappa shape index (κ3) is 3.37. The number of carbonyl (C=O) groups excluding carboxylic acids is 1. The number of rotatable bonds is 4. The standard InChI is InChI=1S/C15H12BrClO2/c1-19-15-7-6-11(16)9-12(15)14(18)8-10-4-2-3-5-13(10)17/h2-7,9H,8H2,1H3. The van der Waals surface area contributed by atoms with Crippen LogP contribution in [-0.2, 0) is 6.42 Å². The van der Waals surface area contributed by atoms with Crippen LogP contribution in [0.4, 0.5) is 0 Å². The number of methoxy groups -OCH3 is 1. The molecule has 2 nitrogen and oxygen atoms in total. The number of ether oxygens (including phenoxy) is 1. The van der Waals surface area contributed by atoms with Gasteiger partial charge >= 0.3 is 0 Å². The summed E-state index contributed by atoms with van der Waals surface area (Å²) in [5.74, 6) is 0.548. The maximum Gasteiger partial charge on any atom is 0.171 e. The van der Waals surface area contributed by atoms with E-state index in [1.54, 1.807) is 25.3 Å². The van der Waals surface area contributed by atoms with E-state index >= 15 is 0 Å². The van der Waals surface area contributed by atoms with Gasteiger partial charge in [0.1, 0.15) is 5.75 Å². The lowest BCUT2D eigenvalue weighted by molar-refractivity contribution is 0.0990. The van der Waals surface area contributed by atoms with Gasteiger partial charge in [-0.3, -0.25) is 4.79 Å². The maximum atomic E-state index is 12.3. The molecule has 19 heavy (non-hydrogen) atoms. The van der Waals surface area contributed by atoms with Crippen molar-refractivity contribution in [2.45, 2.75) is 6.42 Å². The normalized spacial score (nSPS) is 10.3. The Hall–Kier alpha value is -1.32. The second kappa shape index (κ2) is 6.22. The van der Waals surface area contributed by atoms with Crippen LogP contribution in [0.5, 0.6) is 5.75 Å². The van der Waals surface area contributed by atoms with E-state index in [0.717, 1.165) is 10.0 Å². The average molecular weight is 340 g/mol. The van der Waals surface area contributed by atoms with E-state index in [0.29, 0.717) is 16.3 Å². The second-order valence-corrected chi connectivity index (χ2v) is 5.36. The highest BCUT2D eigenvalue weighted by atomic mass is 79.9. The van der Waals surface area contributed by atoms with Crippen molar-refractivity contribution >= 4 is 33.3 Å². The van der Waals surface area contributed by atoms with E-state index in [1.165, 1.54) is 0 Å². The molecule has 0 spiro atoms. The molecule has 0 aliphatic carbocycles. The van der Waals surface area contributed by atoms with Crippen LogP contribution in [0, 0.1) is 0 Å². The average Bonchev–Trinajstić information content (AvgIpc) is 2.41. The Morgan fingerprint density at radius 2 is 2.00 bits per heavy atom. The number of carbonyl (C=O) groups is 1. The number of hydrogen-bond donors (Lipinski definition) is 0. The zero-order valence-electron chi connectivity index (χ0n) is 10.3. The first-order valence-electron chi connectivity index (χ1n) is 5.72. The zero-order valence-corrected chi connectivity index (χ0v) is 12.7. The molecular weight excluding hydrogens is 328 g/mol. The topological polar surface area (TPSA) is 26.3 Å². The summed E-state index contributed by atoms with van der Waals surface area (Å²) in [7, 11) is 1.55. The van der Waals surface area contributed by atoms with Crippen molar-refractivity contribution in [2.75, 3.05) is 7.11 Å². The van der Waals surface area contributed by atoms with Gasteiger partial charge < -0.3 is 4.74 Å². The van der Waals surface area contributed by atoms with E-state index in [1.807, 2.05) is 24.3 Å². The fraction of sp³-hybridized carbons (Fsp3) is 0.133. The molecule has 0 aliphatic heterocycles. The molecule has 0 aliphatic rings. The Balaban J connectivity index is 2.30. The minimum Gasteiger partial charge on any atom is -0.496 e. The molecule has 0 heterocycles. The highest BCUT2D eigenvalue weighted by molar-refractivity contribution is 9.10. The molecule has 0 amide bonds. The van der Waals surface area contributed by atoms with Crippen LogP contribution < -0.4 is 4.74 Å². The summed E-state index contributed by atoms with van der Waals surface area (Å²) >= 11 is 9.43. The van der Waals surface area contributed by atoms with E-state index in [4.69, 9.17) is 16.3 Å². The molecule has 2 rings (SSSR count). The molecule has 98 valence electrons. The summed E-state index contributed by atoms with van der Waals surface area (Å²) in [6.45, 7) is 0. The molecule has 2 aromatic carbocycles. The minimum atomic E-state index is -0.0220. The third-order valence-electron chi connectivity index (χ3n) is 2.77. The smallest absolute Gasteiger partial charge is 0.171 e. The molecule has 0 radical (unpaired) electrons. The number of ketones is 1. The Bertz CT molecular complexity index is 611. The first kappa shape index (κ1) is 14.1. The quantitative estimate of drug-likeness (QED) is 0.765. The molecule has 0 N–H and O–H groups in total. The van der Waals surface area contributed by atoms with E-state index in [2.05, 4.69) is 15.9 Å². The first-order chi connectivity index (χ1) is 9.11. The number of Topliss-reactive ketones (excluding diaryl/α,β-unsaturated/α-hetero) is 1. The van der Waals surface area contributed by atoms with Gasteiger partial charge in [0.05, 0.1) is 12.7 Å². The van der Waals surface area contributed by atoms with Crippen LogP contribution in [0.25, 0.3) is 0 Å². The second-order valence-electron chi connectivity index (χ2n) is 4.04. The first-order valence-corrected chi connectivity index (χ1v) is 6.89. The highest BCUT2D eigenvalue weighted by Gasteiger charge is 2.14. The SMILES string of the molecule is COc1ccc(Br)cc1C(=O)Cc1ccccc1Cl. The van der Waals surface area contributed by atoms with Crippen LogP contribution in [0.15, 0.2) is 46.9 Å². The van der Waals surface area contributed by atoms with E-state index in [9.17, 15) is 4.79 Å². The Morgan fingerprint density at radius 1 is 1.26 bits per heavy atom. The molecule has 0 saturated carbocycles. The highest BCUT2D eigenvalue weighted by Crippen LogP contribution is 2.25. The molecule has 0 atom stereocenters. The minimum absolute atomic E-state index is 0.0220.